The zero-order valence-corrected chi connectivity index (χ0v) is 11.9. The van der Waals surface area contributed by atoms with Crippen molar-refractivity contribution in [2.75, 3.05) is 11.1 Å². The molecule has 2 N–H and O–H groups in total. The number of ether oxygens (including phenoxy) is 1. The molecule has 0 aliphatic carbocycles. The maximum atomic E-state index is 11.5. The Labute approximate surface area is 114 Å². The molecule has 0 spiro atoms. The molecule has 0 radical (unpaired) electrons. The number of carboxylic acid groups (broad SMARTS) is 1. The lowest BCUT2D eigenvalue weighted by Gasteiger charge is -2.19. The molecule has 1 aromatic rings. The Morgan fingerprint density at radius 1 is 1.42 bits per heavy atom. The molecule has 0 atom stereocenters. The second-order valence-electron chi connectivity index (χ2n) is 4.67. The van der Waals surface area contributed by atoms with Gasteiger partial charge in [0.1, 0.15) is 5.60 Å². The first-order valence-corrected chi connectivity index (χ1v) is 6.41. The van der Waals surface area contributed by atoms with Crippen LogP contribution in [-0.2, 0) is 16.6 Å². The first kappa shape index (κ1) is 15.3. The number of rotatable bonds is 4. The first-order chi connectivity index (χ1) is 8.69. The van der Waals surface area contributed by atoms with Gasteiger partial charge < -0.3 is 9.84 Å². The maximum absolute atomic E-state index is 11.5. The highest BCUT2D eigenvalue weighted by Gasteiger charge is 2.19. The fraction of sp³-hybridized carbons (Fsp3) is 0.600. The van der Waals surface area contributed by atoms with E-state index in [0.29, 0.717) is 5.16 Å². The zero-order chi connectivity index (χ0) is 14.6. The molecule has 1 rings (SSSR count). The number of hydrogen-bond acceptors (Lipinski definition) is 6. The van der Waals surface area contributed by atoms with E-state index in [1.54, 1.807) is 27.8 Å². The van der Waals surface area contributed by atoms with E-state index in [1.807, 2.05) is 0 Å². The SMILES string of the molecule is Cn1c(NC(=O)OC(C)(C)C)nnc1SCC(=O)O. The lowest BCUT2D eigenvalue weighted by molar-refractivity contribution is -0.133. The van der Waals surface area contributed by atoms with Gasteiger partial charge in [-0.15, -0.1) is 10.2 Å². The van der Waals surface area contributed by atoms with Crippen molar-refractivity contribution >= 4 is 29.8 Å². The number of nitrogens with one attached hydrogen (secondary N) is 1. The number of thioether (sulfide) groups is 1. The molecule has 1 heterocycles. The summed E-state index contributed by atoms with van der Waals surface area (Å²) in [6, 6.07) is 0. The number of nitrogens with zero attached hydrogens (tertiary/aromatic N) is 3. The van der Waals surface area contributed by atoms with E-state index in [4.69, 9.17) is 9.84 Å². The molecule has 0 bridgehead atoms. The van der Waals surface area contributed by atoms with Crippen molar-refractivity contribution in [3.8, 4) is 0 Å². The quantitative estimate of drug-likeness (QED) is 0.805. The van der Waals surface area contributed by atoms with Crippen LogP contribution in [0.25, 0.3) is 0 Å². The fourth-order valence-corrected chi connectivity index (χ4v) is 1.70. The van der Waals surface area contributed by atoms with Crippen LogP contribution in [0.2, 0.25) is 0 Å². The summed E-state index contributed by atoms with van der Waals surface area (Å²) in [6.45, 7) is 5.24. The second kappa shape index (κ2) is 5.91. The Balaban J connectivity index is 2.65. The lowest BCUT2D eigenvalue weighted by atomic mass is 10.2. The van der Waals surface area contributed by atoms with E-state index >= 15 is 0 Å². The van der Waals surface area contributed by atoms with Crippen molar-refractivity contribution < 1.29 is 19.4 Å². The maximum Gasteiger partial charge on any atom is 0.414 e. The summed E-state index contributed by atoms with van der Waals surface area (Å²) >= 11 is 1.01. The summed E-state index contributed by atoms with van der Waals surface area (Å²) in [5.41, 5.74) is -0.608. The van der Waals surface area contributed by atoms with Crippen LogP contribution in [0.5, 0.6) is 0 Å². The van der Waals surface area contributed by atoms with Gasteiger partial charge in [0, 0.05) is 7.05 Å². The number of aliphatic carboxylic acids is 1. The predicted octanol–water partition coefficient (Wildman–Crippen LogP) is 1.34. The fourth-order valence-electron chi connectivity index (χ4n) is 1.07. The minimum Gasteiger partial charge on any atom is -0.481 e. The van der Waals surface area contributed by atoms with Gasteiger partial charge in [0.05, 0.1) is 5.75 Å². The van der Waals surface area contributed by atoms with E-state index < -0.39 is 17.7 Å². The number of carbonyl (C=O) groups excluding carboxylic acids is 1. The summed E-state index contributed by atoms with van der Waals surface area (Å²) in [5.74, 6) is -0.880. The number of carbonyl (C=O) groups is 2. The summed E-state index contributed by atoms with van der Waals surface area (Å²) < 4.78 is 6.56. The predicted molar refractivity (Wildman–Crippen MR) is 69.2 cm³/mol. The second-order valence-corrected chi connectivity index (χ2v) is 5.62. The number of aromatic nitrogens is 3. The molecular weight excluding hydrogens is 272 g/mol. The zero-order valence-electron chi connectivity index (χ0n) is 11.1. The van der Waals surface area contributed by atoms with E-state index in [0.717, 1.165) is 11.8 Å². The van der Waals surface area contributed by atoms with Crippen molar-refractivity contribution in [1.29, 1.82) is 0 Å². The molecule has 9 heteroatoms. The van der Waals surface area contributed by atoms with E-state index in [-0.39, 0.29) is 11.7 Å². The monoisotopic (exact) mass is 288 g/mol. The van der Waals surface area contributed by atoms with Crippen LogP contribution < -0.4 is 5.32 Å². The summed E-state index contributed by atoms with van der Waals surface area (Å²) in [5, 5.41) is 18.9. The third-order valence-corrected chi connectivity index (χ3v) is 2.78. The molecule has 106 valence electrons. The smallest absolute Gasteiger partial charge is 0.414 e. The summed E-state index contributed by atoms with van der Waals surface area (Å²) in [7, 11) is 1.62. The Bertz CT molecular complexity index is 480. The van der Waals surface area contributed by atoms with Crippen LogP contribution in [0, 0.1) is 0 Å². The summed E-state index contributed by atoms with van der Waals surface area (Å²) in [6.07, 6.45) is -0.641. The molecule has 1 amide bonds. The largest absolute Gasteiger partial charge is 0.481 e. The van der Waals surface area contributed by atoms with Gasteiger partial charge in [0.2, 0.25) is 5.95 Å². The van der Waals surface area contributed by atoms with Crippen molar-refractivity contribution in [2.45, 2.75) is 31.5 Å². The molecule has 0 saturated carbocycles. The Hall–Kier alpha value is -1.77. The third-order valence-electron chi connectivity index (χ3n) is 1.77. The van der Waals surface area contributed by atoms with Crippen molar-refractivity contribution in [2.24, 2.45) is 7.05 Å². The highest BCUT2D eigenvalue weighted by molar-refractivity contribution is 7.99. The van der Waals surface area contributed by atoms with Gasteiger partial charge in [-0.05, 0) is 20.8 Å². The van der Waals surface area contributed by atoms with E-state index in [2.05, 4.69) is 15.5 Å². The first-order valence-electron chi connectivity index (χ1n) is 5.43. The highest BCUT2D eigenvalue weighted by Crippen LogP contribution is 2.18. The molecule has 0 unspecified atom stereocenters. The van der Waals surface area contributed by atoms with Crippen LogP contribution in [0.3, 0.4) is 0 Å². The van der Waals surface area contributed by atoms with Crippen LogP contribution in [0.4, 0.5) is 10.7 Å². The average molecular weight is 288 g/mol. The van der Waals surface area contributed by atoms with E-state index in [9.17, 15) is 9.59 Å². The standard InChI is InChI=1S/C10H16N4O4S/c1-10(2,3)18-9(17)11-7-12-13-8(14(7)4)19-5-6(15)16/h5H2,1-4H3,(H,15,16)(H,11,12,17). The minimum atomic E-state index is -0.949. The Morgan fingerprint density at radius 2 is 2.05 bits per heavy atom. The van der Waals surface area contributed by atoms with E-state index in [1.165, 1.54) is 4.57 Å². The topological polar surface area (TPSA) is 106 Å². The van der Waals surface area contributed by atoms with Gasteiger partial charge in [-0.2, -0.15) is 0 Å². The van der Waals surface area contributed by atoms with Crippen LogP contribution in [-0.4, -0.2) is 43.3 Å². The molecule has 0 saturated heterocycles. The summed E-state index contributed by atoms with van der Waals surface area (Å²) in [4.78, 5) is 22.0. The van der Waals surface area contributed by atoms with Crippen molar-refractivity contribution in [3.63, 3.8) is 0 Å². The van der Waals surface area contributed by atoms with Gasteiger partial charge in [-0.25, -0.2) is 4.79 Å². The Morgan fingerprint density at radius 3 is 2.58 bits per heavy atom. The van der Waals surface area contributed by atoms with Crippen LogP contribution in [0.1, 0.15) is 20.8 Å². The molecule has 0 aliphatic heterocycles. The lowest BCUT2D eigenvalue weighted by Crippen LogP contribution is -2.28. The molecule has 8 nitrogen and oxygen atoms in total. The van der Waals surface area contributed by atoms with Crippen molar-refractivity contribution in [1.82, 2.24) is 14.8 Å². The highest BCUT2D eigenvalue weighted by atomic mass is 32.2. The Kier molecular flexibility index (Phi) is 4.76. The molecule has 0 aromatic carbocycles. The third kappa shape index (κ3) is 5.16. The number of carboxylic acids is 1. The minimum absolute atomic E-state index is 0.127. The molecular formula is C10H16N4O4S. The molecule has 0 aliphatic rings. The number of anilines is 1. The van der Waals surface area contributed by atoms with Gasteiger partial charge in [-0.3, -0.25) is 14.7 Å². The van der Waals surface area contributed by atoms with Gasteiger partial charge in [0.25, 0.3) is 0 Å². The molecule has 1 aromatic heterocycles. The average Bonchev–Trinajstić information content (AvgIpc) is 2.55. The van der Waals surface area contributed by atoms with Gasteiger partial charge in [0.15, 0.2) is 5.16 Å². The van der Waals surface area contributed by atoms with Crippen LogP contribution in [0.15, 0.2) is 5.16 Å². The van der Waals surface area contributed by atoms with Crippen LogP contribution >= 0.6 is 11.8 Å². The van der Waals surface area contributed by atoms with Gasteiger partial charge in [-0.1, -0.05) is 11.8 Å². The number of amides is 1. The molecule has 0 fully saturated rings. The van der Waals surface area contributed by atoms with Gasteiger partial charge >= 0.3 is 12.1 Å². The number of hydrogen-bond donors (Lipinski definition) is 2. The molecule has 19 heavy (non-hydrogen) atoms. The normalized spacial score (nSPS) is 11.2. The van der Waals surface area contributed by atoms with Crippen molar-refractivity contribution in [3.05, 3.63) is 0 Å².